The van der Waals surface area contributed by atoms with Gasteiger partial charge in [-0.3, -0.25) is 0 Å². The van der Waals surface area contributed by atoms with Crippen LogP contribution in [0.4, 0.5) is 17.4 Å². The highest BCUT2D eigenvalue weighted by molar-refractivity contribution is 9.10. The maximum Gasteiger partial charge on any atom is 0.347 e. The molecule has 0 fully saturated rings. The van der Waals surface area contributed by atoms with Crippen LogP contribution < -0.4 is 11.1 Å². The number of hydrogen-bond acceptors (Lipinski definition) is 6. The zero-order valence-corrected chi connectivity index (χ0v) is 11.7. The van der Waals surface area contributed by atoms with Gasteiger partial charge in [0, 0.05) is 10.2 Å². The minimum Gasteiger partial charge on any atom is -0.462 e. The van der Waals surface area contributed by atoms with Gasteiger partial charge >= 0.3 is 5.97 Å². The zero-order chi connectivity index (χ0) is 13.8. The van der Waals surface area contributed by atoms with Crippen molar-refractivity contribution in [3.63, 3.8) is 0 Å². The first kappa shape index (κ1) is 13.4. The summed E-state index contributed by atoms with van der Waals surface area (Å²) in [5, 5.41) is 6.67. The Balaban J connectivity index is 2.25. The number of carbonyl (C=O) groups excluding carboxylic acids is 1. The van der Waals surface area contributed by atoms with Crippen LogP contribution in [0.5, 0.6) is 0 Å². The van der Waals surface area contributed by atoms with Crippen molar-refractivity contribution in [3.05, 3.63) is 34.3 Å². The number of nitrogens with one attached hydrogen (secondary N) is 1. The number of nitrogens with zero attached hydrogens (tertiary/aromatic N) is 1. The van der Waals surface area contributed by atoms with Gasteiger partial charge in [0.15, 0.2) is 11.4 Å². The van der Waals surface area contributed by atoms with Gasteiger partial charge in [0.25, 0.3) is 0 Å². The predicted molar refractivity (Wildman–Crippen MR) is 74.3 cm³/mol. The fourth-order valence-corrected chi connectivity index (χ4v) is 1.72. The number of benzene rings is 1. The van der Waals surface area contributed by atoms with E-state index in [9.17, 15) is 4.79 Å². The molecule has 0 atom stereocenters. The van der Waals surface area contributed by atoms with E-state index in [1.54, 1.807) is 6.92 Å². The van der Waals surface area contributed by atoms with Gasteiger partial charge in [0.2, 0.25) is 5.88 Å². The van der Waals surface area contributed by atoms with Crippen molar-refractivity contribution in [1.29, 1.82) is 0 Å². The van der Waals surface area contributed by atoms with E-state index >= 15 is 0 Å². The lowest BCUT2D eigenvalue weighted by Gasteiger charge is -2.05. The Morgan fingerprint density at radius 1 is 1.47 bits per heavy atom. The summed E-state index contributed by atoms with van der Waals surface area (Å²) in [6.45, 7) is 1.96. The van der Waals surface area contributed by atoms with Crippen molar-refractivity contribution in [2.24, 2.45) is 0 Å². The molecule has 0 aliphatic rings. The molecule has 7 heteroatoms. The first-order chi connectivity index (χ1) is 9.11. The van der Waals surface area contributed by atoms with E-state index in [4.69, 9.17) is 15.0 Å². The number of nitrogens with two attached hydrogens (primary N) is 1. The molecule has 1 heterocycles. The van der Waals surface area contributed by atoms with Crippen LogP contribution in [-0.2, 0) is 4.74 Å². The molecule has 6 nitrogen and oxygen atoms in total. The van der Waals surface area contributed by atoms with Crippen LogP contribution in [0.25, 0.3) is 0 Å². The Bertz CT molecular complexity index is 580. The Morgan fingerprint density at radius 3 is 2.79 bits per heavy atom. The molecule has 2 aromatic rings. The summed E-state index contributed by atoms with van der Waals surface area (Å²) in [4.78, 5) is 11.7. The molecule has 1 aromatic carbocycles. The summed E-state index contributed by atoms with van der Waals surface area (Å²) in [6, 6.07) is 7.36. The number of halogens is 1. The van der Waals surface area contributed by atoms with Crippen LogP contribution in [0, 0.1) is 0 Å². The molecular formula is C12H12BrN3O3. The Labute approximate surface area is 118 Å². The highest BCUT2D eigenvalue weighted by Crippen LogP contribution is 2.26. The van der Waals surface area contributed by atoms with E-state index in [0.717, 1.165) is 10.2 Å². The second-order valence-electron chi connectivity index (χ2n) is 3.62. The third kappa shape index (κ3) is 3.05. The van der Waals surface area contributed by atoms with Crippen molar-refractivity contribution in [2.75, 3.05) is 17.7 Å². The molecule has 0 aliphatic heterocycles. The third-order valence-corrected chi connectivity index (χ3v) is 2.83. The Kier molecular flexibility index (Phi) is 4.06. The first-order valence-electron chi connectivity index (χ1n) is 5.56. The van der Waals surface area contributed by atoms with Crippen LogP contribution in [0.15, 0.2) is 33.3 Å². The number of anilines is 3. The summed E-state index contributed by atoms with van der Waals surface area (Å²) < 4.78 is 10.7. The maximum atomic E-state index is 11.7. The lowest BCUT2D eigenvalue weighted by molar-refractivity contribution is 0.0528. The van der Waals surface area contributed by atoms with Gasteiger partial charge in [-0.05, 0) is 31.2 Å². The van der Waals surface area contributed by atoms with Gasteiger partial charge in [-0.25, -0.2) is 4.79 Å². The van der Waals surface area contributed by atoms with Crippen LogP contribution in [-0.4, -0.2) is 17.7 Å². The van der Waals surface area contributed by atoms with E-state index < -0.39 is 5.97 Å². The minimum absolute atomic E-state index is 0.0712. The molecule has 0 amide bonds. The van der Waals surface area contributed by atoms with Gasteiger partial charge < -0.3 is 20.3 Å². The molecule has 0 aliphatic carbocycles. The van der Waals surface area contributed by atoms with Gasteiger partial charge in [-0.2, -0.15) is 0 Å². The van der Waals surface area contributed by atoms with Crippen molar-refractivity contribution in [2.45, 2.75) is 6.92 Å². The lowest BCUT2D eigenvalue weighted by atomic mass is 10.2. The second-order valence-corrected chi connectivity index (χ2v) is 4.54. The van der Waals surface area contributed by atoms with Crippen molar-refractivity contribution in [1.82, 2.24) is 5.16 Å². The van der Waals surface area contributed by atoms with Crippen molar-refractivity contribution < 1.29 is 14.1 Å². The number of hydrogen-bond donors (Lipinski definition) is 2. The average molecular weight is 326 g/mol. The summed E-state index contributed by atoms with van der Waals surface area (Å²) in [5.74, 6) is -0.405. The minimum atomic E-state index is -0.569. The van der Waals surface area contributed by atoms with E-state index in [1.165, 1.54) is 0 Å². The van der Waals surface area contributed by atoms with E-state index in [1.807, 2.05) is 24.3 Å². The van der Waals surface area contributed by atoms with Crippen LogP contribution in [0.3, 0.4) is 0 Å². The highest BCUT2D eigenvalue weighted by Gasteiger charge is 2.22. The SMILES string of the molecule is CCOC(=O)c1c(Nc2ccc(Br)cc2)noc1N. The van der Waals surface area contributed by atoms with Gasteiger partial charge in [-0.15, -0.1) is 0 Å². The Hall–Kier alpha value is -2.02. The van der Waals surface area contributed by atoms with Crippen LogP contribution >= 0.6 is 15.9 Å². The van der Waals surface area contributed by atoms with Crippen LogP contribution in [0.1, 0.15) is 17.3 Å². The Morgan fingerprint density at radius 2 is 2.16 bits per heavy atom. The van der Waals surface area contributed by atoms with E-state index in [0.29, 0.717) is 0 Å². The molecule has 3 N–H and O–H groups in total. The van der Waals surface area contributed by atoms with Crippen molar-refractivity contribution in [3.8, 4) is 0 Å². The molecule has 100 valence electrons. The summed E-state index contributed by atoms with van der Waals surface area (Å²) in [5.41, 5.74) is 6.43. The molecule has 19 heavy (non-hydrogen) atoms. The van der Waals surface area contributed by atoms with E-state index in [2.05, 4.69) is 26.4 Å². The van der Waals surface area contributed by atoms with E-state index in [-0.39, 0.29) is 23.9 Å². The predicted octanol–water partition coefficient (Wildman–Crippen LogP) is 2.94. The molecule has 0 radical (unpaired) electrons. The number of carbonyl (C=O) groups is 1. The summed E-state index contributed by atoms with van der Waals surface area (Å²) >= 11 is 3.34. The van der Waals surface area contributed by atoms with Crippen LogP contribution in [0.2, 0.25) is 0 Å². The number of ether oxygens (including phenoxy) is 1. The van der Waals surface area contributed by atoms with Gasteiger partial charge in [0.05, 0.1) is 6.61 Å². The van der Waals surface area contributed by atoms with Gasteiger partial charge in [0.1, 0.15) is 0 Å². The quantitative estimate of drug-likeness (QED) is 0.840. The summed E-state index contributed by atoms with van der Waals surface area (Å²) in [7, 11) is 0. The number of esters is 1. The number of nitrogen functional groups attached to an aromatic ring is 1. The number of rotatable bonds is 4. The fraction of sp³-hybridized carbons (Fsp3) is 0.167. The number of aromatic nitrogens is 1. The van der Waals surface area contributed by atoms with Crippen molar-refractivity contribution >= 4 is 39.3 Å². The third-order valence-electron chi connectivity index (χ3n) is 2.30. The normalized spacial score (nSPS) is 10.2. The lowest BCUT2D eigenvalue weighted by Crippen LogP contribution is -2.08. The molecule has 0 spiro atoms. The first-order valence-corrected chi connectivity index (χ1v) is 6.36. The standard InChI is InChI=1S/C12H12BrN3O3/c1-2-18-12(17)9-10(14)19-16-11(9)15-8-5-3-7(13)4-6-8/h3-6H,2,14H2,1H3,(H,15,16). The fourth-order valence-electron chi connectivity index (χ4n) is 1.46. The highest BCUT2D eigenvalue weighted by atomic mass is 79.9. The average Bonchev–Trinajstić information content (AvgIpc) is 2.74. The maximum absolute atomic E-state index is 11.7. The monoisotopic (exact) mass is 325 g/mol. The molecule has 0 saturated heterocycles. The largest absolute Gasteiger partial charge is 0.462 e. The molecular weight excluding hydrogens is 314 g/mol. The molecule has 1 aromatic heterocycles. The molecule has 0 saturated carbocycles. The second kappa shape index (κ2) is 5.75. The van der Waals surface area contributed by atoms with Gasteiger partial charge in [-0.1, -0.05) is 21.1 Å². The topological polar surface area (TPSA) is 90.4 Å². The molecule has 2 rings (SSSR count). The smallest absolute Gasteiger partial charge is 0.347 e. The summed E-state index contributed by atoms with van der Waals surface area (Å²) in [6.07, 6.45) is 0. The zero-order valence-electron chi connectivity index (χ0n) is 10.1. The molecule has 0 unspecified atom stereocenters. The molecule has 0 bridgehead atoms.